The molecule has 2 amide bonds. The molecule has 6 rings (SSSR count). The number of hydrogen-bond acceptors (Lipinski definition) is 6. The number of allylic oxidation sites excluding steroid dienone is 2. The first-order valence-corrected chi connectivity index (χ1v) is 18.2. The molecule has 4 aliphatic rings. The molecule has 0 aromatic heterocycles. The van der Waals surface area contributed by atoms with E-state index in [1.54, 1.807) is 4.90 Å². The minimum absolute atomic E-state index is 0.00566. The third-order valence-corrected chi connectivity index (χ3v) is 11.3. The molecular formula is C40H53BN2O5. The van der Waals surface area contributed by atoms with Gasteiger partial charge in [0.1, 0.15) is 5.75 Å². The lowest BCUT2D eigenvalue weighted by molar-refractivity contribution is -0.144. The van der Waals surface area contributed by atoms with Crippen molar-refractivity contribution in [1.29, 1.82) is 0 Å². The molecule has 0 saturated carbocycles. The van der Waals surface area contributed by atoms with Crippen LogP contribution in [-0.2, 0) is 20.8 Å². The zero-order valence-corrected chi connectivity index (χ0v) is 29.5. The summed E-state index contributed by atoms with van der Waals surface area (Å²) in [5.41, 5.74) is 7.81. The second-order valence-electron chi connectivity index (χ2n) is 15.0. The minimum Gasteiger partial charge on any atom is -0.507 e. The summed E-state index contributed by atoms with van der Waals surface area (Å²) in [6.07, 6.45) is 7.97. The number of imide groups is 1. The van der Waals surface area contributed by atoms with Gasteiger partial charge in [-0.2, -0.15) is 0 Å². The summed E-state index contributed by atoms with van der Waals surface area (Å²) >= 11 is 0. The van der Waals surface area contributed by atoms with E-state index in [-0.39, 0.29) is 41.7 Å². The molecular weight excluding hydrogens is 599 g/mol. The fourth-order valence-corrected chi connectivity index (χ4v) is 9.03. The number of piperidine rings is 1. The van der Waals surface area contributed by atoms with Crippen molar-refractivity contribution in [1.82, 2.24) is 9.80 Å². The normalized spacial score (nSPS) is 25.7. The lowest BCUT2D eigenvalue weighted by atomic mass is 9.57. The summed E-state index contributed by atoms with van der Waals surface area (Å²) in [5.74, 6) is -0.439. The topological polar surface area (TPSA) is 90.3 Å². The van der Waals surface area contributed by atoms with Gasteiger partial charge < -0.3 is 14.8 Å². The number of carbonyl (C=O) groups is 2. The van der Waals surface area contributed by atoms with E-state index in [0.717, 1.165) is 68.4 Å². The van der Waals surface area contributed by atoms with Crippen LogP contribution in [0.2, 0.25) is 6.32 Å². The second-order valence-corrected chi connectivity index (χ2v) is 15.0. The fourth-order valence-electron chi connectivity index (χ4n) is 9.03. The summed E-state index contributed by atoms with van der Waals surface area (Å²) in [5, 5.41) is 21.4. The van der Waals surface area contributed by atoms with E-state index >= 15 is 0 Å². The Morgan fingerprint density at radius 2 is 1.71 bits per heavy atom. The van der Waals surface area contributed by atoms with Crippen LogP contribution in [-0.4, -0.2) is 64.1 Å². The first-order valence-electron chi connectivity index (χ1n) is 18.2. The van der Waals surface area contributed by atoms with Crippen molar-refractivity contribution < 1.29 is 24.4 Å². The molecule has 256 valence electrons. The standard InChI is InChI=1S/C40H53BN2O5/c1-6-10-28(21-30-19-26(4)38(44)27(5)20-30)13-14-35-36-32(25(2)3)22-33-37(34(36)23-41(47)48-35)40(46)43(39(33)45)31-15-17-42(18-16-31)24-29-11-8-7-9-12-29/h7-9,11-12,19-21,25,31,33-35,37,44,47H,6,10,13-18,22-24H2,1-5H3/b28-21+/t33-,34+,35-,37-/m1/s1. The van der Waals surface area contributed by atoms with Crippen molar-refractivity contribution >= 4 is 25.0 Å². The van der Waals surface area contributed by atoms with Gasteiger partial charge in [-0.15, -0.1) is 0 Å². The van der Waals surface area contributed by atoms with Crippen molar-refractivity contribution in [2.75, 3.05) is 13.1 Å². The number of rotatable bonds is 10. The molecule has 0 bridgehead atoms. The van der Waals surface area contributed by atoms with Crippen molar-refractivity contribution in [3.63, 3.8) is 0 Å². The number of amides is 2. The Kier molecular flexibility index (Phi) is 10.6. The maximum absolute atomic E-state index is 14.3. The van der Waals surface area contributed by atoms with Crippen LogP contribution in [0.1, 0.15) is 88.0 Å². The summed E-state index contributed by atoms with van der Waals surface area (Å²) in [4.78, 5) is 32.5. The van der Waals surface area contributed by atoms with Gasteiger partial charge >= 0.3 is 7.12 Å². The molecule has 2 aromatic rings. The van der Waals surface area contributed by atoms with E-state index in [0.29, 0.717) is 24.9 Å². The highest BCUT2D eigenvalue weighted by Gasteiger charge is 2.58. The monoisotopic (exact) mass is 652 g/mol. The Morgan fingerprint density at radius 1 is 1.02 bits per heavy atom. The van der Waals surface area contributed by atoms with Crippen molar-refractivity contribution in [2.45, 2.75) is 105 Å². The Hall–Kier alpha value is -3.20. The quantitative estimate of drug-likeness (QED) is 0.162. The maximum Gasteiger partial charge on any atom is 0.455 e. The minimum atomic E-state index is -0.963. The Labute approximate surface area is 287 Å². The van der Waals surface area contributed by atoms with Crippen molar-refractivity contribution in [3.8, 4) is 5.75 Å². The molecule has 3 aliphatic heterocycles. The average molecular weight is 653 g/mol. The first kappa shape index (κ1) is 34.7. The molecule has 0 radical (unpaired) electrons. The number of aromatic hydroxyl groups is 1. The van der Waals surface area contributed by atoms with E-state index in [2.05, 4.69) is 56.0 Å². The SMILES string of the molecule is CCC/C(=C\c1cc(C)c(O)c(C)c1)CC[C@H]1OB(O)C[C@H]2C1=C(C(C)C)C[C@H]1C(=O)N(C3CCN(Cc4ccccc4)CC3)C(=O)[C@H]12. The maximum atomic E-state index is 14.3. The average Bonchev–Trinajstić information content (AvgIpc) is 3.31. The zero-order valence-electron chi connectivity index (χ0n) is 29.5. The van der Waals surface area contributed by atoms with Crippen molar-refractivity contribution in [3.05, 3.63) is 81.4 Å². The van der Waals surface area contributed by atoms with Gasteiger partial charge in [-0.1, -0.05) is 74.7 Å². The van der Waals surface area contributed by atoms with Gasteiger partial charge in [0.25, 0.3) is 0 Å². The first-order chi connectivity index (χ1) is 23.0. The lowest BCUT2D eigenvalue weighted by Crippen LogP contribution is -2.48. The molecule has 7 nitrogen and oxygen atoms in total. The molecule has 48 heavy (non-hydrogen) atoms. The van der Waals surface area contributed by atoms with Gasteiger partial charge in [0.15, 0.2) is 0 Å². The number of nitrogens with zero attached hydrogens (tertiary/aromatic N) is 2. The molecule has 3 fully saturated rings. The predicted molar refractivity (Wildman–Crippen MR) is 191 cm³/mol. The van der Waals surface area contributed by atoms with E-state index < -0.39 is 13.0 Å². The molecule has 4 atom stereocenters. The van der Waals surface area contributed by atoms with Crippen LogP contribution >= 0.6 is 0 Å². The van der Waals surface area contributed by atoms with Crippen LogP contribution in [0.4, 0.5) is 0 Å². The molecule has 2 aromatic carbocycles. The van der Waals surface area contributed by atoms with E-state index in [9.17, 15) is 19.7 Å². The second kappa shape index (κ2) is 14.7. The third kappa shape index (κ3) is 7.08. The van der Waals surface area contributed by atoms with Gasteiger partial charge in [0, 0.05) is 25.7 Å². The van der Waals surface area contributed by atoms with Crippen molar-refractivity contribution in [2.24, 2.45) is 23.7 Å². The number of benzene rings is 2. The fraction of sp³-hybridized carbons (Fsp3) is 0.550. The van der Waals surface area contributed by atoms with Gasteiger partial charge in [0.2, 0.25) is 11.8 Å². The molecule has 0 spiro atoms. The Balaban J connectivity index is 1.20. The van der Waals surface area contributed by atoms with Crippen LogP contribution in [0.3, 0.4) is 0 Å². The zero-order chi connectivity index (χ0) is 34.1. The van der Waals surface area contributed by atoms with E-state index in [1.807, 2.05) is 32.0 Å². The smallest absolute Gasteiger partial charge is 0.455 e. The number of phenolic OH excluding ortho intramolecular Hbond substituents is 1. The highest BCUT2D eigenvalue weighted by atomic mass is 16.5. The largest absolute Gasteiger partial charge is 0.507 e. The number of likely N-dealkylation sites (tertiary alicyclic amines) is 2. The van der Waals surface area contributed by atoms with Crippen LogP contribution in [0.15, 0.2) is 59.2 Å². The highest BCUT2D eigenvalue weighted by molar-refractivity contribution is 6.43. The number of carbonyl (C=O) groups excluding carboxylic acids is 2. The van der Waals surface area contributed by atoms with Crippen LogP contribution in [0.5, 0.6) is 5.75 Å². The Morgan fingerprint density at radius 3 is 2.35 bits per heavy atom. The molecule has 2 N–H and O–H groups in total. The van der Waals surface area contributed by atoms with Gasteiger partial charge in [-0.3, -0.25) is 19.4 Å². The van der Waals surface area contributed by atoms with Gasteiger partial charge in [0.05, 0.1) is 17.9 Å². The summed E-state index contributed by atoms with van der Waals surface area (Å²) in [7, 11) is -0.963. The van der Waals surface area contributed by atoms with E-state index in [1.165, 1.54) is 22.3 Å². The van der Waals surface area contributed by atoms with E-state index in [4.69, 9.17) is 4.65 Å². The number of phenols is 1. The summed E-state index contributed by atoms with van der Waals surface area (Å²) in [6, 6.07) is 14.4. The molecule has 3 saturated heterocycles. The van der Waals surface area contributed by atoms with Crippen LogP contribution in [0.25, 0.3) is 6.08 Å². The highest BCUT2D eigenvalue weighted by Crippen LogP contribution is 2.52. The summed E-state index contributed by atoms with van der Waals surface area (Å²) in [6.45, 7) is 13.0. The van der Waals surface area contributed by atoms with Crippen LogP contribution in [0, 0.1) is 37.5 Å². The number of hydrogen-bond donors (Lipinski definition) is 2. The summed E-state index contributed by atoms with van der Waals surface area (Å²) < 4.78 is 6.31. The molecule has 1 aliphatic carbocycles. The molecule has 8 heteroatoms. The predicted octanol–water partition coefficient (Wildman–Crippen LogP) is 7.09. The Bertz CT molecular complexity index is 1540. The number of aryl methyl sites for hydroxylation is 2. The van der Waals surface area contributed by atoms with Crippen LogP contribution < -0.4 is 0 Å². The van der Waals surface area contributed by atoms with Gasteiger partial charge in [-0.25, -0.2) is 0 Å². The van der Waals surface area contributed by atoms with Gasteiger partial charge in [-0.05, 0) is 110 Å². The molecule has 0 unspecified atom stereocenters. The lowest BCUT2D eigenvalue weighted by Gasteiger charge is -2.44. The molecule has 3 heterocycles. The number of fused-ring (bicyclic) bond motifs is 3. The third-order valence-electron chi connectivity index (χ3n) is 11.3.